The largest absolute Gasteiger partial charge is 0.375 e. The van der Waals surface area contributed by atoms with Crippen molar-refractivity contribution in [3.05, 3.63) is 71.7 Å². The van der Waals surface area contributed by atoms with Crippen LogP contribution in [0.4, 0.5) is 0 Å². The van der Waals surface area contributed by atoms with E-state index < -0.39 is 0 Å². The SMILES string of the molecule is CCOC(C)(C)C1(CCc2ccc3ccccc3n2)CCN(C(C)(C)c2ccc(C)nc2)C1. The number of ether oxygens (including phenoxy) is 1. The Hall–Kier alpha value is -2.30. The molecule has 1 aliphatic heterocycles. The van der Waals surface area contributed by atoms with Gasteiger partial charge in [-0.3, -0.25) is 14.9 Å². The summed E-state index contributed by atoms with van der Waals surface area (Å²) in [5.74, 6) is 0. The molecule has 0 aliphatic carbocycles. The van der Waals surface area contributed by atoms with E-state index in [1.807, 2.05) is 13.1 Å². The molecule has 4 rings (SSSR count). The Morgan fingerprint density at radius 3 is 2.55 bits per heavy atom. The number of pyridine rings is 2. The number of hydrogen-bond donors (Lipinski definition) is 0. The second-order valence-electron chi connectivity index (χ2n) is 10.6. The quantitative estimate of drug-likeness (QED) is 0.407. The van der Waals surface area contributed by atoms with Crippen LogP contribution in [0.15, 0.2) is 54.7 Å². The summed E-state index contributed by atoms with van der Waals surface area (Å²) in [6, 6.07) is 17.1. The first-order valence-electron chi connectivity index (χ1n) is 12.3. The van der Waals surface area contributed by atoms with Gasteiger partial charge in [0, 0.05) is 47.1 Å². The molecule has 1 fully saturated rings. The average Bonchev–Trinajstić information content (AvgIpc) is 3.25. The maximum Gasteiger partial charge on any atom is 0.0705 e. The Labute approximate surface area is 199 Å². The molecule has 1 aromatic carbocycles. The highest BCUT2D eigenvalue weighted by Gasteiger charge is 2.52. The molecule has 0 spiro atoms. The first kappa shape index (κ1) is 23.8. The van der Waals surface area contributed by atoms with Gasteiger partial charge in [-0.2, -0.15) is 0 Å². The van der Waals surface area contributed by atoms with Crippen LogP contribution in [0.1, 0.15) is 64.4 Å². The van der Waals surface area contributed by atoms with Crippen LogP contribution in [0.3, 0.4) is 0 Å². The van der Waals surface area contributed by atoms with Crippen molar-refractivity contribution in [3.63, 3.8) is 0 Å². The number of benzene rings is 1. The zero-order valence-corrected chi connectivity index (χ0v) is 21.2. The molecule has 33 heavy (non-hydrogen) atoms. The van der Waals surface area contributed by atoms with Crippen LogP contribution in [-0.4, -0.2) is 40.2 Å². The summed E-state index contributed by atoms with van der Waals surface area (Å²) in [4.78, 5) is 12.2. The minimum atomic E-state index is -0.213. The summed E-state index contributed by atoms with van der Waals surface area (Å²) in [6.07, 6.45) is 5.18. The third-order valence-electron chi connectivity index (χ3n) is 8.06. The molecule has 3 aromatic rings. The van der Waals surface area contributed by atoms with Crippen molar-refractivity contribution >= 4 is 10.9 Å². The minimum absolute atomic E-state index is 0.0612. The fourth-order valence-electron chi connectivity index (χ4n) is 5.49. The summed E-state index contributed by atoms with van der Waals surface area (Å²) < 4.78 is 6.40. The van der Waals surface area contributed by atoms with Crippen LogP contribution in [0, 0.1) is 12.3 Å². The highest BCUT2D eigenvalue weighted by Crippen LogP contribution is 2.49. The molecule has 1 aliphatic rings. The molecule has 4 heteroatoms. The van der Waals surface area contributed by atoms with Crippen molar-refractivity contribution < 1.29 is 4.74 Å². The molecule has 2 aromatic heterocycles. The molecule has 1 saturated heterocycles. The van der Waals surface area contributed by atoms with E-state index in [-0.39, 0.29) is 16.6 Å². The van der Waals surface area contributed by atoms with Gasteiger partial charge in [0.15, 0.2) is 0 Å². The Bertz CT molecular complexity index is 1090. The first-order chi connectivity index (χ1) is 15.7. The topological polar surface area (TPSA) is 38.2 Å². The number of aromatic nitrogens is 2. The number of para-hydroxylation sites is 1. The number of rotatable bonds is 8. The van der Waals surface area contributed by atoms with Crippen molar-refractivity contribution in [3.8, 4) is 0 Å². The lowest BCUT2D eigenvalue weighted by atomic mass is 9.69. The fourth-order valence-corrected chi connectivity index (χ4v) is 5.49. The van der Waals surface area contributed by atoms with Gasteiger partial charge in [-0.1, -0.05) is 30.3 Å². The van der Waals surface area contributed by atoms with Gasteiger partial charge < -0.3 is 4.74 Å². The molecule has 176 valence electrons. The normalized spacial score (nSPS) is 19.9. The third kappa shape index (κ3) is 4.69. The average molecular weight is 446 g/mol. The van der Waals surface area contributed by atoms with Gasteiger partial charge in [0.2, 0.25) is 0 Å². The van der Waals surface area contributed by atoms with Crippen LogP contribution in [0.25, 0.3) is 10.9 Å². The highest BCUT2D eigenvalue weighted by molar-refractivity contribution is 5.78. The molecule has 1 unspecified atom stereocenters. The molecule has 3 heterocycles. The van der Waals surface area contributed by atoms with Crippen molar-refractivity contribution in [1.82, 2.24) is 14.9 Å². The van der Waals surface area contributed by atoms with Gasteiger partial charge in [0.05, 0.1) is 11.1 Å². The molecular formula is C29H39N3O. The maximum absolute atomic E-state index is 6.40. The fraction of sp³-hybridized carbons (Fsp3) is 0.517. The Morgan fingerprint density at radius 1 is 1.03 bits per heavy atom. The van der Waals surface area contributed by atoms with Gasteiger partial charge >= 0.3 is 0 Å². The Kier molecular flexibility index (Phi) is 6.61. The monoisotopic (exact) mass is 445 g/mol. The molecule has 0 amide bonds. The maximum atomic E-state index is 6.40. The van der Waals surface area contributed by atoms with E-state index in [1.54, 1.807) is 0 Å². The zero-order valence-electron chi connectivity index (χ0n) is 21.2. The van der Waals surface area contributed by atoms with E-state index in [4.69, 9.17) is 9.72 Å². The number of likely N-dealkylation sites (tertiary alicyclic amines) is 1. The molecule has 0 radical (unpaired) electrons. The lowest BCUT2D eigenvalue weighted by Crippen LogP contribution is -2.50. The van der Waals surface area contributed by atoms with Gasteiger partial charge in [-0.05, 0) is 91.1 Å². The smallest absolute Gasteiger partial charge is 0.0705 e. The molecule has 0 saturated carbocycles. The van der Waals surface area contributed by atoms with Crippen LogP contribution >= 0.6 is 0 Å². The summed E-state index contributed by atoms with van der Waals surface area (Å²) in [5.41, 5.74) is 4.35. The number of hydrogen-bond acceptors (Lipinski definition) is 4. The van der Waals surface area contributed by atoms with Crippen molar-refractivity contribution in [1.29, 1.82) is 0 Å². The van der Waals surface area contributed by atoms with E-state index in [0.717, 1.165) is 50.2 Å². The van der Waals surface area contributed by atoms with Crippen molar-refractivity contribution in [2.75, 3.05) is 19.7 Å². The van der Waals surface area contributed by atoms with E-state index >= 15 is 0 Å². The molecule has 1 atom stereocenters. The zero-order chi connectivity index (χ0) is 23.7. The van der Waals surface area contributed by atoms with Crippen LogP contribution < -0.4 is 0 Å². The standard InChI is InChI=1S/C29H39N3O/c1-7-33-28(5,6)29(17-16-25-15-13-23-10-8-9-11-26(23)31-25)18-19-32(21-29)27(3,4)24-14-12-22(2)30-20-24/h8-15,20H,7,16-19,21H2,1-6H3. The predicted molar refractivity (Wildman–Crippen MR) is 136 cm³/mol. The lowest BCUT2D eigenvalue weighted by molar-refractivity contribution is -0.109. The summed E-state index contributed by atoms with van der Waals surface area (Å²) in [5, 5.41) is 1.20. The second-order valence-corrected chi connectivity index (χ2v) is 10.6. The van der Waals surface area contributed by atoms with E-state index in [0.29, 0.717) is 0 Å². The minimum Gasteiger partial charge on any atom is -0.375 e. The number of aryl methyl sites for hydroxylation is 2. The van der Waals surface area contributed by atoms with Gasteiger partial charge in [-0.25, -0.2) is 0 Å². The van der Waals surface area contributed by atoms with Crippen molar-refractivity contribution in [2.45, 2.75) is 71.9 Å². The Balaban J connectivity index is 1.59. The Morgan fingerprint density at radius 2 is 1.82 bits per heavy atom. The van der Waals surface area contributed by atoms with Crippen LogP contribution in [-0.2, 0) is 16.7 Å². The van der Waals surface area contributed by atoms with E-state index in [9.17, 15) is 0 Å². The number of fused-ring (bicyclic) bond motifs is 1. The van der Waals surface area contributed by atoms with Crippen LogP contribution in [0.5, 0.6) is 0 Å². The lowest BCUT2D eigenvalue weighted by Gasteiger charge is -2.46. The van der Waals surface area contributed by atoms with Gasteiger partial charge in [0.1, 0.15) is 0 Å². The predicted octanol–water partition coefficient (Wildman–Crippen LogP) is 6.31. The highest BCUT2D eigenvalue weighted by atomic mass is 16.5. The molecule has 0 N–H and O–H groups in total. The first-order valence-corrected chi connectivity index (χ1v) is 12.3. The van der Waals surface area contributed by atoms with Crippen LogP contribution in [0.2, 0.25) is 0 Å². The molecule has 0 bridgehead atoms. The van der Waals surface area contributed by atoms with Crippen molar-refractivity contribution in [2.24, 2.45) is 5.41 Å². The summed E-state index contributed by atoms with van der Waals surface area (Å²) >= 11 is 0. The third-order valence-corrected chi connectivity index (χ3v) is 8.06. The van der Waals surface area contributed by atoms with E-state index in [2.05, 4.69) is 93.0 Å². The summed E-state index contributed by atoms with van der Waals surface area (Å²) in [6.45, 7) is 16.2. The molecule has 4 nitrogen and oxygen atoms in total. The number of nitrogens with zero attached hydrogens (tertiary/aromatic N) is 3. The van der Waals surface area contributed by atoms with Gasteiger partial charge in [0.25, 0.3) is 0 Å². The van der Waals surface area contributed by atoms with Gasteiger partial charge in [-0.15, -0.1) is 0 Å². The van der Waals surface area contributed by atoms with E-state index in [1.165, 1.54) is 16.6 Å². The molecular weight excluding hydrogens is 406 g/mol. The second kappa shape index (κ2) is 9.15. The summed E-state index contributed by atoms with van der Waals surface area (Å²) in [7, 11) is 0.